The van der Waals surface area contributed by atoms with E-state index in [0.717, 1.165) is 16.3 Å². The number of Topliss-reactive ketones (excluding diaryl/α,β-unsaturated/α-hetero) is 1. The molecule has 0 aliphatic rings. The van der Waals surface area contributed by atoms with Crippen molar-refractivity contribution in [2.75, 3.05) is 0 Å². The Morgan fingerprint density at radius 1 is 0.846 bits per heavy atom. The van der Waals surface area contributed by atoms with Crippen molar-refractivity contribution in [1.82, 2.24) is 0 Å². The highest BCUT2D eigenvalue weighted by Crippen LogP contribution is 2.24. The molecular weight excluding hydrogens is 324 g/mol. The van der Waals surface area contributed by atoms with Crippen LogP contribution in [0.4, 0.5) is 0 Å². The van der Waals surface area contributed by atoms with E-state index in [1.165, 1.54) is 0 Å². The first-order chi connectivity index (χ1) is 12.6. The van der Waals surface area contributed by atoms with Crippen LogP contribution in [0.25, 0.3) is 10.8 Å². The minimum Gasteiger partial charge on any atom is -0.481 e. The van der Waals surface area contributed by atoms with Crippen LogP contribution < -0.4 is 0 Å². The molecule has 26 heavy (non-hydrogen) atoms. The number of ketones is 1. The molecule has 3 aromatic rings. The van der Waals surface area contributed by atoms with Gasteiger partial charge in [-0.25, -0.2) is 0 Å². The van der Waals surface area contributed by atoms with Crippen molar-refractivity contribution in [2.24, 2.45) is 5.92 Å². The van der Waals surface area contributed by atoms with Gasteiger partial charge in [0.2, 0.25) is 0 Å². The lowest BCUT2D eigenvalue weighted by atomic mass is 9.90. The Labute approximate surface area is 153 Å². The number of hydrogen-bond donors (Lipinski definition) is 1. The molecule has 0 fully saturated rings. The van der Waals surface area contributed by atoms with E-state index in [1.807, 2.05) is 60.7 Å². The fraction of sp³-hybridized carbons (Fsp3) is 0.217. The van der Waals surface area contributed by atoms with E-state index in [4.69, 9.17) is 0 Å². The van der Waals surface area contributed by atoms with Crippen LogP contribution >= 0.6 is 0 Å². The van der Waals surface area contributed by atoms with E-state index >= 15 is 0 Å². The minimum atomic E-state index is -0.801. The normalized spacial score (nSPS) is 12.0. The zero-order valence-corrected chi connectivity index (χ0v) is 14.6. The summed E-state index contributed by atoms with van der Waals surface area (Å²) in [6.07, 6.45) is 1.94. The number of fused-ring (bicyclic) bond motifs is 1. The first kappa shape index (κ1) is 17.9. The van der Waals surface area contributed by atoms with Gasteiger partial charge in [0.25, 0.3) is 0 Å². The Morgan fingerprint density at radius 2 is 1.54 bits per heavy atom. The third-order valence-corrected chi connectivity index (χ3v) is 4.75. The zero-order chi connectivity index (χ0) is 18.4. The molecule has 3 rings (SSSR count). The minimum absolute atomic E-state index is 0.0694. The van der Waals surface area contributed by atoms with Gasteiger partial charge >= 0.3 is 5.97 Å². The molecule has 1 N–H and O–H groups in total. The van der Waals surface area contributed by atoms with Gasteiger partial charge in [-0.3, -0.25) is 9.59 Å². The Bertz CT molecular complexity index is 894. The number of hydrogen-bond acceptors (Lipinski definition) is 2. The zero-order valence-electron chi connectivity index (χ0n) is 14.6. The van der Waals surface area contributed by atoms with E-state index in [0.29, 0.717) is 31.2 Å². The molecule has 3 aromatic carbocycles. The second-order valence-corrected chi connectivity index (χ2v) is 6.56. The molecule has 0 heterocycles. The van der Waals surface area contributed by atoms with Gasteiger partial charge in [-0.15, -0.1) is 0 Å². The van der Waals surface area contributed by atoms with Crippen LogP contribution in [0.2, 0.25) is 0 Å². The summed E-state index contributed by atoms with van der Waals surface area (Å²) in [4.78, 5) is 23.9. The van der Waals surface area contributed by atoms with Gasteiger partial charge < -0.3 is 5.11 Å². The van der Waals surface area contributed by atoms with E-state index in [2.05, 4.69) is 0 Å². The van der Waals surface area contributed by atoms with Gasteiger partial charge in [-0.05, 0) is 35.6 Å². The first-order valence-corrected chi connectivity index (χ1v) is 8.93. The summed E-state index contributed by atoms with van der Waals surface area (Å²) in [5, 5.41) is 11.8. The molecule has 3 nitrogen and oxygen atoms in total. The molecule has 0 aromatic heterocycles. The van der Waals surface area contributed by atoms with Crippen molar-refractivity contribution < 1.29 is 14.7 Å². The van der Waals surface area contributed by atoms with Crippen molar-refractivity contribution >= 4 is 22.5 Å². The molecule has 0 aliphatic heterocycles. The van der Waals surface area contributed by atoms with Crippen molar-refractivity contribution in [2.45, 2.75) is 25.7 Å². The molecule has 0 amide bonds. The summed E-state index contributed by atoms with van der Waals surface area (Å²) in [7, 11) is 0. The van der Waals surface area contributed by atoms with Crippen LogP contribution in [0.5, 0.6) is 0 Å². The highest BCUT2D eigenvalue weighted by Gasteiger charge is 2.19. The maximum atomic E-state index is 12.2. The molecule has 132 valence electrons. The molecule has 0 aliphatic carbocycles. The smallest absolute Gasteiger partial charge is 0.306 e. The van der Waals surface area contributed by atoms with Crippen LogP contribution in [-0.4, -0.2) is 16.9 Å². The van der Waals surface area contributed by atoms with E-state index < -0.39 is 11.9 Å². The van der Waals surface area contributed by atoms with E-state index in [-0.39, 0.29) is 5.78 Å². The van der Waals surface area contributed by atoms with Gasteiger partial charge in [0.15, 0.2) is 5.78 Å². The summed E-state index contributed by atoms with van der Waals surface area (Å²) >= 11 is 0. The van der Waals surface area contributed by atoms with Crippen molar-refractivity contribution in [3.05, 3.63) is 83.9 Å². The monoisotopic (exact) mass is 346 g/mol. The van der Waals surface area contributed by atoms with Crippen molar-refractivity contribution in [3.63, 3.8) is 0 Å². The van der Waals surface area contributed by atoms with Crippen LogP contribution in [0.1, 0.15) is 35.2 Å². The van der Waals surface area contributed by atoms with E-state index in [1.54, 1.807) is 12.1 Å². The van der Waals surface area contributed by atoms with Crippen molar-refractivity contribution in [1.29, 1.82) is 0 Å². The van der Waals surface area contributed by atoms with Crippen LogP contribution in [-0.2, 0) is 11.2 Å². The summed E-state index contributed by atoms with van der Waals surface area (Å²) in [6, 6.07) is 23.2. The molecule has 0 saturated carbocycles. The summed E-state index contributed by atoms with van der Waals surface area (Å²) in [6.45, 7) is 0. The highest BCUT2D eigenvalue weighted by molar-refractivity contribution is 5.96. The SMILES string of the molecule is O=C(CCCC(Cc1cccc2ccccc12)C(=O)O)c1ccccc1. The largest absolute Gasteiger partial charge is 0.481 e. The van der Waals surface area contributed by atoms with Crippen LogP contribution in [0.3, 0.4) is 0 Å². The van der Waals surface area contributed by atoms with Gasteiger partial charge in [0, 0.05) is 12.0 Å². The topological polar surface area (TPSA) is 54.4 Å². The molecule has 1 unspecified atom stereocenters. The van der Waals surface area contributed by atoms with Crippen LogP contribution in [0, 0.1) is 5.92 Å². The number of aliphatic carboxylic acids is 1. The Kier molecular flexibility index (Phi) is 5.80. The lowest BCUT2D eigenvalue weighted by molar-refractivity contribution is -0.141. The second kappa shape index (κ2) is 8.43. The summed E-state index contributed by atoms with van der Waals surface area (Å²) in [5.74, 6) is -1.21. The van der Waals surface area contributed by atoms with Crippen LogP contribution in [0.15, 0.2) is 72.8 Å². The molecule has 0 saturated heterocycles. The maximum absolute atomic E-state index is 12.2. The molecular formula is C23H22O3. The fourth-order valence-corrected chi connectivity index (χ4v) is 3.33. The lowest BCUT2D eigenvalue weighted by Gasteiger charge is -2.14. The van der Waals surface area contributed by atoms with Gasteiger partial charge in [0.1, 0.15) is 0 Å². The van der Waals surface area contributed by atoms with Gasteiger partial charge in [-0.1, -0.05) is 72.8 Å². The number of carboxylic acid groups (broad SMARTS) is 1. The quantitative estimate of drug-likeness (QED) is 0.575. The number of rotatable bonds is 8. The van der Waals surface area contributed by atoms with Gasteiger partial charge in [-0.2, -0.15) is 0 Å². The molecule has 0 bridgehead atoms. The number of carbonyl (C=O) groups is 2. The molecule has 1 atom stereocenters. The maximum Gasteiger partial charge on any atom is 0.306 e. The molecule has 0 spiro atoms. The molecule has 0 radical (unpaired) electrons. The predicted octanol–water partition coefficient (Wildman–Crippen LogP) is 5.14. The fourth-order valence-electron chi connectivity index (χ4n) is 3.33. The Balaban J connectivity index is 1.64. The van der Waals surface area contributed by atoms with E-state index in [9.17, 15) is 14.7 Å². The summed E-state index contributed by atoms with van der Waals surface area (Å²) in [5.41, 5.74) is 1.73. The van der Waals surface area contributed by atoms with Gasteiger partial charge in [0.05, 0.1) is 5.92 Å². The average Bonchev–Trinajstić information content (AvgIpc) is 2.67. The number of carbonyl (C=O) groups excluding carboxylic acids is 1. The predicted molar refractivity (Wildman–Crippen MR) is 103 cm³/mol. The second-order valence-electron chi connectivity index (χ2n) is 6.56. The highest BCUT2D eigenvalue weighted by atomic mass is 16.4. The summed E-state index contributed by atoms with van der Waals surface area (Å²) < 4.78 is 0. The Morgan fingerprint density at radius 3 is 2.31 bits per heavy atom. The standard InChI is InChI=1S/C23H22O3/c24-22(18-9-2-1-3-10-18)15-7-13-20(23(25)26)16-19-12-6-11-17-8-4-5-14-21(17)19/h1-6,8-12,14,20H,7,13,15-16H2,(H,25,26). The first-order valence-electron chi connectivity index (χ1n) is 8.93. The van der Waals surface area contributed by atoms with Crippen molar-refractivity contribution in [3.8, 4) is 0 Å². The molecule has 3 heteroatoms. The number of carboxylic acids is 1. The third-order valence-electron chi connectivity index (χ3n) is 4.75. The Hall–Kier alpha value is -2.94. The number of benzene rings is 3. The lowest BCUT2D eigenvalue weighted by Crippen LogP contribution is -2.17. The average molecular weight is 346 g/mol. The third kappa shape index (κ3) is 4.37.